The molecule has 0 unspecified atom stereocenters. The smallest absolute Gasteiger partial charge is 0.145 e. The largest absolute Gasteiger partial charge is 0.455 e. The number of para-hydroxylation sites is 2. The second kappa shape index (κ2) is 18.8. The van der Waals surface area contributed by atoms with Crippen LogP contribution in [0.5, 0.6) is 0 Å². The van der Waals surface area contributed by atoms with Crippen LogP contribution in [-0.2, 0) is 10.8 Å². The van der Waals surface area contributed by atoms with Crippen LogP contribution in [0.3, 0.4) is 0 Å². The predicted molar refractivity (Wildman–Crippen MR) is 367 cm³/mol. The zero-order valence-corrected chi connectivity index (χ0v) is 51.3. The van der Waals surface area contributed by atoms with Crippen LogP contribution in [0.25, 0.3) is 159 Å². The van der Waals surface area contributed by atoms with E-state index in [4.69, 9.17) is 13.3 Å². The number of furan rings is 3. The van der Waals surface area contributed by atoms with Crippen LogP contribution in [0.4, 0.5) is 0 Å². The summed E-state index contributed by atoms with van der Waals surface area (Å²) >= 11 is 0. The van der Waals surface area contributed by atoms with Gasteiger partial charge in [-0.1, -0.05) is 110 Å². The minimum Gasteiger partial charge on any atom is -0.455 e. The molecule has 0 aliphatic rings. The van der Waals surface area contributed by atoms with Gasteiger partial charge in [0.2, 0.25) is 0 Å². The highest BCUT2D eigenvalue weighted by Gasteiger charge is 2.30. The predicted octanol–water partition coefficient (Wildman–Crippen LogP) is 21.5. The summed E-state index contributed by atoms with van der Waals surface area (Å²) in [6, 6.07) is 72.1. The topological polar surface area (TPSA) is 149 Å². The summed E-state index contributed by atoms with van der Waals surface area (Å²) in [7, 11) is 0. The van der Waals surface area contributed by atoms with Gasteiger partial charge in [0.25, 0.3) is 0 Å². The van der Waals surface area contributed by atoms with Crippen LogP contribution in [0.15, 0.2) is 195 Å². The number of aromatic nitrogens is 3. The summed E-state index contributed by atoms with van der Waals surface area (Å²) in [6.45, 7) is 17.7. The molecule has 6 heterocycles. The van der Waals surface area contributed by atoms with Crippen molar-refractivity contribution in [2.45, 2.75) is 72.1 Å². The van der Waals surface area contributed by atoms with Crippen LogP contribution in [0.1, 0.15) is 100 Å². The summed E-state index contributed by atoms with van der Waals surface area (Å²) in [5.41, 5.74) is 18.2. The van der Waals surface area contributed by atoms with Gasteiger partial charge in [-0.3, -0.25) is 0 Å². The minimum absolute atomic E-state index is 0.151. The van der Waals surface area contributed by atoms with Gasteiger partial charge >= 0.3 is 0 Å². The van der Waals surface area contributed by atoms with E-state index in [0.717, 1.165) is 159 Å². The van der Waals surface area contributed by atoms with Gasteiger partial charge in [0.05, 0.1) is 88.6 Å². The molecule has 0 fully saturated rings. The normalized spacial score (nSPS) is 12.5. The Morgan fingerprint density at radius 2 is 0.802 bits per heavy atom. The Hall–Kier alpha value is -11.8. The standard InChI is InChI=1S/C81H55N7O3/c1-43(2)44-16-25-63-58(34-44)72-67(88(63)76-61(42-85)47(39-82)17-26-68(76)86-62-27-20-50(80(3,4)5)37-59(62)73-65(86)29-22-53-52-14-9-10-15-69(52)89-77(53)73)31-24-54-56-35-45(18-32-70(56)90-78(54)72)46-19-33-71-57(36-46)55-23-30-66-74(79(55)91-71)60-38-51(81(6,7)8)21-28-64(60)87(66)75-48(40-83)12-11-13-49(75)41-84/h9-38,43H,1-8H3. The molecule has 91 heavy (non-hydrogen) atoms. The number of hydrogen-bond donors (Lipinski definition) is 0. The molecule has 17 rings (SSSR count). The lowest BCUT2D eigenvalue weighted by Crippen LogP contribution is -2.10. The van der Waals surface area contributed by atoms with Gasteiger partial charge in [-0.15, -0.1) is 0 Å². The fourth-order valence-electron chi connectivity index (χ4n) is 14.5. The van der Waals surface area contributed by atoms with Gasteiger partial charge in [0.1, 0.15) is 57.8 Å². The highest BCUT2D eigenvalue weighted by molar-refractivity contribution is 6.27. The molecule has 0 atom stereocenters. The summed E-state index contributed by atoms with van der Waals surface area (Å²) in [5.74, 6) is 0.208. The van der Waals surface area contributed by atoms with Crippen molar-refractivity contribution in [3.63, 3.8) is 0 Å². The molecular formula is C81H55N7O3. The van der Waals surface area contributed by atoms with Gasteiger partial charge in [-0.2, -0.15) is 21.0 Å². The third kappa shape index (κ3) is 7.49. The molecule has 0 amide bonds. The Kier molecular flexibility index (Phi) is 11.1. The van der Waals surface area contributed by atoms with Crippen LogP contribution in [0.2, 0.25) is 0 Å². The van der Waals surface area contributed by atoms with Gasteiger partial charge in [-0.05, 0) is 172 Å². The van der Waals surface area contributed by atoms with Crippen molar-refractivity contribution in [1.82, 2.24) is 13.7 Å². The molecule has 0 saturated heterocycles. The molecule has 10 heteroatoms. The van der Waals surface area contributed by atoms with Gasteiger partial charge in [-0.25, -0.2) is 0 Å². The average molecular weight is 1170 g/mol. The first-order chi connectivity index (χ1) is 44.0. The summed E-state index contributed by atoms with van der Waals surface area (Å²) in [6.07, 6.45) is 0. The fourth-order valence-corrected chi connectivity index (χ4v) is 14.5. The maximum atomic E-state index is 11.5. The first kappa shape index (κ1) is 53.4. The molecule has 0 spiro atoms. The lowest BCUT2D eigenvalue weighted by molar-refractivity contribution is 0.591. The fraction of sp³-hybridized carbons (Fsp3) is 0.136. The molecule has 0 N–H and O–H groups in total. The molecule has 10 nitrogen and oxygen atoms in total. The summed E-state index contributed by atoms with van der Waals surface area (Å²) in [5, 5.41) is 54.8. The zero-order chi connectivity index (χ0) is 62.3. The van der Waals surface area contributed by atoms with E-state index in [0.29, 0.717) is 22.5 Å². The number of benzene rings is 11. The quantitative estimate of drug-likeness (QED) is 0.166. The third-order valence-corrected chi connectivity index (χ3v) is 19.1. The monoisotopic (exact) mass is 1170 g/mol. The minimum atomic E-state index is -0.151. The molecule has 432 valence electrons. The molecular weight excluding hydrogens is 1120 g/mol. The molecule has 6 aromatic heterocycles. The van der Waals surface area contributed by atoms with Crippen molar-refractivity contribution in [3.8, 4) is 52.5 Å². The van der Waals surface area contributed by atoms with Crippen molar-refractivity contribution in [3.05, 3.63) is 221 Å². The summed E-state index contributed by atoms with van der Waals surface area (Å²) in [4.78, 5) is 0. The molecule has 0 radical (unpaired) electrons. The average Bonchev–Trinajstić information content (AvgIpc) is 1.57. The molecule has 11 aromatic carbocycles. The highest BCUT2D eigenvalue weighted by Crippen LogP contribution is 2.49. The van der Waals surface area contributed by atoms with Crippen LogP contribution >= 0.6 is 0 Å². The number of nitriles is 4. The van der Waals surface area contributed by atoms with E-state index < -0.39 is 0 Å². The van der Waals surface area contributed by atoms with Crippen molar-refractivity contribution in [2.24, 2.45) is 0 Å². The van der Waals surface area contributed by atoms with E-state index in [1.165, 1.54) is 5.56 Å². The number of fused-ring (bicyclic) bond motifs is 21. The van der Waals surface area contributed by atoms with Crippen LogP contribution in [-0.4, -0.2) is 13.7 Å². The number of nitrogens with zero attached hydrogens (tertiary/aromatic N) is 7. The van der Waals surface area contributed by atoms with Gasteiger partial charge < -0.3 is 27.0 Å². The Morgan fingerprint density at radius 3 is 1.31 bits per heavy atom. The maximum absolute atomic E-state index is 11.5. The number of rotatable bonds is 5. The lowest BCUT2D eigenvalue weighted by atomic mass is 9.86. The second-order valence-corrected chi connectivity index (χ2v) is 26.6. The van der Waals surface area contributed by atoms with Gasteiger partial charge in [0.15, 0.2) is 0 Å². The van der Waals surface area contributed by atoms with E-state index in [9.17, 15) is 21.0 Å². The summed E-state index contributed by atoms with van der Waals surface area (Å²) < 4.78 is 27.4. The Balaban J connectivity index is 0.876. The van der Waals surface area contributed by atoms with E-state index in [1.807, 2.05) is 34.9 Å². The first-order valence-electron chi connectivity index (χ1n) is 30.7. The van der Waals surface area contributed by atoms with Crippen molar-refractivity contribution in [1.29, 1.82) is 21.0 Å². The first-order valence-corrected chi connectivity index (χ1v) is 30.7. The highest BCUT2D eigenvalue weighted by atomic mass is 16.3. The molecule has 0 bridgehead atoms. The zero-order valence-electron chi connectivity index (χ0n) is 51.3. The molecule has 17 aromatic rings. The Morgan fingerprint density at radius 1 is 0.352 bits per heavy atom. The molecule has 0 aliphatic carbocycles. The van der Waals surface area contributed by atoms with E-state index in [1.54, 1.807) is 24.3 Å². The molecule has 0 aliphatic heterocycles. The third-order valence-electron chi connectivity index (χ3n) is 19.1. The van der Waals surface area contributed by atoms with Crippen molar-refractivity contribution < 1.29 is 13.3 Å². The number of hydrogen-bond acceptors (Lipinski definition) is 7. The SMILES string of the molecule is CC(C)c1ccc2c(c1)c1c3oc4ccc(-c5ccc6oc7c(ccc8c7c7cc(C(C)(C)C)ccc7n8-c7c(C#N)cccc7C#N)c6c5)cc4c3ccc1n2-c1c(-n2c3ccc(C(C)(C)C)cc3c3c4oc5ccccc5c4ccc32)ccc(C#N)c1C#N. The van der Waals surface area contributed by atoms with Crippen molar-refractivity contribution in [2.75, 3.05) is 0 Å². The van der Waals surface area contributed by atoms with Crippen LogP contribution in [0, 0.1) is 45.3 Å². The Labute approximate surface area is 522 Å². The molecule has 0 saturated carbocycles. The van der Waals surface area contributed by atoms with E-state index in [2.05, 4.69) is 216 Å². The van der Waals surface area contributed by atoms with E-state index >= 15 is 0 Å². The van der Waals surface area contributed by atoms with Crippen LogP contribution < -0.4 is 0 Å². The lowest BCUT2D eigenvalue weighted by Gasteiger charge is -2.20. The maximum Gasteiger partial charge on any atom is 0.145 e. The van der Waals surface area contributed by atoms with E-state index in [-0.39, 0.29) is 27.9 Å². The van der Waals surface area contributed by atoms with Gasteiger partial charge in [0, 0.05) is 48.5 Å². The Bertz CT molecular complexity index is 6290. The second-order valence-electron chi connectivity index (χ2n) is 26.6. The van der Waals surface area contributed by atoms with Crippen molar-refractivity contribution >= 4 is 131 Å².